The molecule has 0 saturated heterocycles. The summed E-state index contributed by atoms with van der Waals surface area (Å²) in [7, 11) is 0. The molecule has 0 atom stereocenters. The maximum Gasteiger partial charge on any atom is 0.240 e. The van der Waals surface area contributed by atoms with E-state index >= 15 is 0 Å². The zero-order valence-corrected chi connectivity index (χ0v) is 13.8. The lowest BCUT2D eigenvalue weighted by Gasteiger charge is -2.16. The van der Waals surface area contributed by atoms with Crippen molar-refractivity contribution in [2.45, 2.75) is 39.0 Å². The lowest BCUT2D eigenvalue weighted by atomic mass is 10.0. The van der Waals surface area contributed by atoms with E-state index in [0.717, 1.165) is 23.7 Å². The predicted molar refractivity (Wildman–Crippen MR) is 87.0 cm³/mol. The number of unbranched alkanes of at least 4 members (excludes halogenated alkanes) is 2. The van der Waals surface area contributed by atoms with Crippen LogP contribution in [0.3, 0.4) is 0 Å². The number of carbonyl (C=O) groups is 2. The molecular formula is C16H21BrN2O2. The van der Waals surface area contributed by atoms with Gasteiger partial charge in [0.25, 0.3) is 0 Å². The second-order valence-electron chi connectivity index (χ2n) is 5.48. The van der Waals surface area contributed by atoms with E-state index in [2.05, 4.69) is 33.5 Å². The van der Waals surface area contributed by atoms with Crippen LogP contribution in [0.2, 0.25) is 0 Å². The summed E-state index contributed by atoms with van der Waals surface area (Å²) in [6.07, 6.45) is 4.43. The molecule has 114 valence electrons. The van der Waals surface area contributed by atoms with E-state index in [0.29, 0.717) is 25.1 Å². The number of anilines is 1. The molecule has 1 aliphatic carbocycles. The van der Waals surface area contributed by atoms with Crippen LogP contribution in [0.5, 0.6) is 0 Å². The molecule has 1 aromatic rings. The molecule has 1 aliphatic rings. The van der Waals surface area contributed by atoms with Gasteiger partial charge in [0.2, 0.25) is 11.8 Å². The molecule has 0 aliphatic heterocycles. The summed E-state index contributed by atoms with van der Waals surface area (Å²) in [5.74, 6) is -0.342. The first-order chi connectivity index (χ1) is 10.1. The second-order valence-corrected chi connectivity index (χ2v) is 6.33. The number of amides is 2. The maximum atomic E-state index is 12.4. The lowest BCUT2D eigenvalue weighted by Crippen LogP contribution is -2.40. The highest BCUT2D eigenvalue weighted by Gasteiger charge is 2.56. The van der Waals surface area contributed by atoms with E-state index in [4.69, 9.17) is 0 Å². The van der Waals surface area contributed by atoms with Gasteiger partial charge in [0.05, 0.1) is 5.69 Å². The summed E-state index contributed by atoms with van der Waals surface area (Å²) >= 11 is 3.39. The molecule has 0 heterocycles. The van der Waals surface area contributed by atoms with Gasteiger partial charge in [-0.15, -0.1) is 0 Å². The Morgan fingerprint density at radius 2 is 1.90 bits per heavy atom. The number of hydrogen-bond donors (Lipinski definition) is 2. The molecule has 2 amide bonds. The Morgan fingerprint density at radius 1 is 1.19 bits per heavy atom. The molecule has 21 heavy (non-hydrogen) atoms. The smallest absolute Gasteiger partial charge is 0.240 e. The number of para-hydroxylation sites is 1. The van der Waals surface area contributed by atoms with Gasteiger partial charge in [0.15, 0.2) is 0 Å². The molecule has 0 spiro atoms. The minimum absolute atomic E-state index is 0.136. The molecule has 1 fully saturated rings. The first-order valence-electron chi connectivity index (χ1n) is 7.44. The minimum Gasteiger partial charge on any atom is -0.355 e. The molecular weight excluding hydrogens is 332 g/mol. The average molecular weight is 353 g/mol. The van der Waals surface area contributed by atoms with Crippen molar-refractivity contribution in [1.29, 1.82) is 0 Å². The summed E-state index contributed by atoms with van der Waals surface area (Å²) < 4.78 is 0.817. The molecule has 0 radical (unpaired) electrons. The van der Waals surface area contributed by atoms with Crippen LogP contribution in [-0.2, 0) is 9.59 Å². The van der Waals surface area contributed by atoms with Gasteiger partial charge in [-0.1, -0.05) is 31.9 Å². The van der Waals surface area contributed by atoms with Gasteiger partial charge in [-0.3, -0.25) is 9.59 Å². The molecule has 4 nitrogen and oxygen atoms in total. The van der Waals surface area contributed by atoms with Gasteiger partial charge >= 0.3 is 0 Å². The average Bonchev–Trinajstić information content (AvgIpc) is 3.27. The Balaban J connectivity index is 1.92. The molecule has 2 rings (SSSR count). The van der Waals surface area contributed by atoms with Crippen molar-refractivity contribution in [3.05, 3.63) is 28.7 Å². The van der Waals surface area contributed by atoms with Crippen LogP contribution >= 0.6 is 15.9 Å². The van der Waals surface area contributed by atoms with Gasteiger partial charge < -0.3 is 10.6 Å². The second kappa shape index (κ2) is 7.07. The predicted octanol–water partition coefficient (Wildman–Crippen LogP) is 3.47. The van der Waals surface area contributed by atoms with Gasteiger partial charge in [0.1, 0.15) is 5.41 Å². The highest BCUT2D eigenvalue weighted by molar-refractivity contribution is 9.10. The lowest BCUT2D eigenvalue weighted by molar-refractivity contribution is -0.134. The van der Waals surface area contributed by atoms with Gasteiger partial charge in [-0.2, -0.15) is 0 Å². The molecule has 0 unspecified atom stereocenters. The highest BCUT2D eigenvalue weighted by atomic mass is 79.9. The number of rotatable bonds is 7. The van der Waals surface area contributed by atoms with E-state index < -0.39 is 5.41 Å². The maximum absolute atomic E-state index is 12.4. The fourth-order valence-corrected chi connectivity index (χ4v) is 2.62. The molecule has 0 aromatic heterocycles. The van der Waals surface area contributed by atoms with Crippen LogP contribution in [0.25, 0.3) is 0 Å². The van der Waals surface area contributed by atoms with Gasteiger partial charge in [0, 0.05) is 11.0 Å². The summed E-state index contributed by atoms with van der Waals surface area (Å²) in [5, 5.41) is 5.74. The standard InChI is InChI=1S/C16H21BrN2O2/c1-2-3-6-11-18-14(20)16(9-10-16)15(21)19-13-8-5-4-7-12(13)17/h4-5,7-8H,2-3,6,9-11H2,1H3,(H,18,20)(H,19,21). The van der Waals surface area contributed by atoms with E-state index in [1.54, 1.807) is 0 Å². The van der Waals surface area contributed by atoms with Crippen LogP contribution in [0.15, 0.2) is 28.7 Å². The zero-order valence-electron chi connectivity index (χ0n) is 12.2. The first-order valence-corrected chi connectivity index (χ1v) is 8.24. The van der Waals surface area contributed by atoms with Crippen LogP contribution < -0.4 is 10.6 Å². The van der Waals surface area contributed by atoms with Crippen molar-refractivity contribution in [3.63, 3.8) is 0 Å². The van der Waals surface area contributed by atoms with Crippen LogP contribution in [0, 0.1) is 5.41 Å². The minimum atomic E-state index is -0.860. The number of carbonyl (C=O) groups excluding carboxylic acids is 2. The fourth-order valence-electron chi connectivity index (χ4n) is 2.23. The number of nitrogens with one attached hydrogen (secondary N) is 2. The Morgan fingerprint density at radius 3 is 2.52 bits per heavy atom. The Labute approximate surface area is 133 Å². The third-order valence-electron chi connectivity index (χ3n) is 3.81. The van der Waals surface area contributed by atoms with E-state index in [1.165, 1.54) is 0 Å². The summed E-state index contributed by atoms with van der Waals surface area (Å²) in [5.41, 5.74) is -0.158. The number of halogens is 1. The number of benzene rings is 1. The number of hydrogen-bond acceptors (Lipinski definition) is 2. The zero-order chi connectivity index (χ0) is 15.3. The highest BCUT2D eigenvalue weighted by Crippen LogP contribution is 2.47. The molecule has 0 bridgehead atoms. The van der Waals surface area contributed by atoms with E-state index in [9.17, 15) is 9.59 Å². The monoisotopic (exact) mass is 352 g/mol. The first kappa shape index (κ1) is 16.0. The van der Waals surface area contributed by atoms with Crippen LogP contribution in [0.1, 0.15) is 39.0 Å². The van der Waals surface area contributed by atoms with Crippen molar-refractivity contribution in [1.82, 2.24) is 5.32 Å². The summed E-state index contributed by atoms with van der Waals surface area (Å²) in [6, 6.07) is 7.41. The molecule has 2 N–H and O–H groups in total. The largest absolute Gasteiger partial charge is 0.355 e. The van der Waals surface area contributed by atoms with Crippen molar-refractivity contribution < 1.29 is 9.59 Å². The SMILES string of the molecule is CCCCCNC(=O)C1(C(=O)Nc2ccccc2Br)CC1. The molecule has 5 heteroatoms. The third-order valence-corrected chi connectivity index (χ3v) is 4.50. The quantitative estimate of drug-likeness (QED) is 0.583. The topological polar surface area (TPSA) is 58.2 Å². The van der Waals surface area contributed by atoms with Gasteiger partial charge in [-0.25, -0.2) is 0 Å². The van der Waals surface area contributed by atoms with Crippen LogP contribution in [0.4, 0.5) is 5.69 Å². The van der Waals surface area contributed by atoms with E-state index in [-0.39, 0.29) is 11.8 Å². The van der Waals surface area contributed by atoms with Crippen molar-refractivity contribution in [3.8, 4) is 0 Å². The Kier molecular flexibility index (Phi) is 5.39. The summed E-state index contributed by atoms with van der Waals surface area (Å²) in [4.78, 5) is 24.6. The Hall–Kier alpha value is -1.36. The van der Waals surface area contributed by atoms with E-state index in [1.807, 2.05) is 24.3 Å². The van der Waals surface area contributed by atoms with Crippen molar-refractivity contribution in [2.24, 2.45) is 5.41 Å². The van der Waals surface area contributed by atoms with Crippen molar-refractivity contribution in [2.75, 3.05) is 11.9 Å². The third kappa shape index (κ3) is 3.84. The molecule has 1 saturated carbocycles. The summed E-state index contributed by atoms with van der Waals surface area (Å²) in [6.45, 7) is 2.77. The van der Waals surface area contributed by atoms with Crippen molar-refractivity contribution >= 4 is 33.4 Å². The Bertz CT molecular complexity index is 527. The normalized spacial score (nSPS) is 15.3. The van der Waals surface area contributed by atoms with Gasteiger partial charge in [-0.05, 0) is 47.3 Å². The van der Waals surface area contributed by atoms with Crippen LogP contribution in [-0.4, -0.2) is 18.4 Å². The molecule has 1 aromatic carbocycles. The fraction of sp³-hybridized carbons (Fsp3) is 0.500.